The quantitative estimate of drug-likeness (QED) is 0.324. The molecule has 0 unspecified atom stereocenters. The number of anilines is 1. The molecule has 182 valence electrons. The Morgan fingerprint density at radius 2 is 1.74 bits per heavy atom. The van der Waals surface area contributed by atoms with Gasteiger partial charge in [-0.3, -0.25) is 14.7 Å². The van der Waals surface area contributed by atoms with Crippen molar-refractivity contribution in [1.82, 2.24) is 9.97 Å². The number of thiazole rings is 1. The molecule has 0 atom stereocenters. The number of fused-ring (bicyclic) bond motifs is 1. The summed E-state index contributed by atoms with van der Waals surface area (Å²) >= 11 is 7.00. The van der Waals surface area contributed by atoms with Crippen molar-refractivity contribution in [3.8, 4) is 0 Å². The Bertz CT molecular complexity index is 1590. The fraction of sp³-hybridized carbons (Fsp3) is 0.174. The lowest BCUT2D eigenvalue weighted by Gasteiger charge is -2.20. The smallest absolute Gasteiger partial charge is 0.230 e. The molecule has 0 fully saturated rings. The highest BCUT2D eigenvalue weighted by atomic mass is 35.5. The van der Waals surface area contributed by atoms with Crippen LogP contribution in [0.25, 0.3) is 10.2 Å². The number of carbonyl (C=O) groups excluding carboxylic acids is 1. The summed E-state index contributed by atoms with van der Waals surface area (Å²) in [4.78, 5) is 23.5. The molecule has 4 rings (SSSR count). The van der Waals surface area contributed by atoms with E-state index < -0.39 is 25.6 Å². The lowest BCUT2D eigenvalue weighted by Crippen LogP contribution is -2.31. The van der Waals surface area contributed by atoms with Crippen molar-refractivity contribution in [2.24, 2.45) is 0 Å². The Kier molecular flexibility index (Phi) is 7.22. The average Bonchev–Trinajstić information content (AvgIpc) is 3.24. The second kappa shape index (κ2) is 10.0. The van der Waals surface area contributed by atoms with Gasteiger partial charge in [0.25, 0.3) is 0 Å². The summed E-state index contributed by atoms with van der Waals surface area (Å²) in [6.07, 6.45) is 4.07. The molecule has 0 N–H and O–H groups in total. The molecule has 2 heterocycles. The van der Waals surface area contributed by atoms with Crippen LogP contribution in [0.2, 0.25) is 5.02 Å². The van der Waals surface area contributed by atoms with E-state index in [0.717, 1.165) is 23.2 Å². The summed E-state index contributed by atoms with van der Waals surface area (Å²) in [5.74, 6) is -0.825. The van der Waals surface area contributed by atoms with Crippen molar-refractivity contribution in [1.29, 1.82) is 0 Å². The van der Waals surface area contributed by atoms with Crippen LogP contribution < -0.4 is 4.90 Å². The number of hydrogen-bond donors (Lipinski definition) is 0. The first-order valence-corrected chi connectivity index (χ1v) is 15.0. The van der Waals surface area contributed by atoms with E-state index in [-0.39, 0.29) is 28.5 Å². The van der Waals surface area contributed by atoms with E-state index >= 15 is 0 Å². The van der Waals surface area contributed by atoms with E-state index in [1.54, 1.807) is 30.6 Å². The maximum atomic E-state index is 13.3. The fourth-order valence-electron chi connectivity index (χ4n) is 3.29. The first kappa shape index (κ1) is 25.2. The minimum atomic E-state index is -3.71. The number of aromatic nitrogens is 2. The Labute approximate surface area is 212 Å². The van der Waals surface area contributed by atoms with Gasteiger partial charge in [0.2, 0.25) is 5.91 Å². The van der Waals surface area contributed by atoms with Gasteiger partial charge in [0, 0.05) is 30.1 Å². The van der Waals surface area contributed by atoms with E-state index in [0.29, 0.717) is 20.4 Å². The van der Waals surface area contributed by atoms with E-state index in [1.807, 2.05) is 0 Å². The average molecular weight is 550 g/mol. The van der Waals surface area contributed by atoms with E-state index in [9.17, 15) is 21.6 Å². The highest BCUT2D eigenvalue weighted by molar-refractivity contribution is 7.91. The number of nitrogens with zero attached hydrogens (tertiary/aromatic N) is 3. The van der Waals surface area contributed by atoms with Gasteiger partial charge < -0.3 is 0 Å². The topological polar surface area (TPSA) is 114 Å². The summed E-state index contributed by atoms with van der Waals surface area (Å²) in [5, 5.41) is 0.751. The maximum absolute atomic E-state index is 13.3. The van der Waals surface area contributed by atoms with Crippen LogP contribution in [-0.4, -0.2) is 44.7 Å². The molecule has 8 nitrogen and oxygen atoms in total. The lowest BCUT2D eigenvalue weighted by atomic mass is 10.2. The molecule has 2 aromatic carbocycles. The number of amides is 1. The largest absolute Gasteiger partial charge is 0.284 e. The minimum absolute atomic E-state index is 0.0850. The molecule has 12 heteroatoms. The molecule has 0 aliphatic rings. The van der Waals surface area contributed by atoms with Gasteiger partial charge in [0.15, 0.2) is 24.8 Å². The Morgan fingerprint density at radius 3 is 2.40 bits per heavy atom. The van der Waals surface area contributed by atoms with Crippen molar-refractivity contribution in [3.05, 3.63) is 77.6 Å². The van der Waals surface area contributed by atoms with Crippen molar-refractivity contribution < 1.29 is 21.6 Å². The summed E-state index contributed by atoms with van der Waals surface area (Å²) < 4.78 is 49.9. The van der Waals surface area contributed by atoms with Gasteiger partial charge in [-0.05, 0) is 54.1 Å². The second-order valence-electron chi connectivity index (χ2n) is 7.76. The molecule has 2 aromatic heterocycles. The molecule has 0 spiro atoms. The van der Waals surface area contributed by atoms with Gasteiger partial charge in [-0.15, -0.1) is 0 Å². The first-order chi connectivity index (χ1) is 16.5. The van der Waals surface area contributed by atoms with Crippen LogP contribution in [-0.2, 0) is 31.0 Å². The molecule has 0 saturated carbocycles. The standard InChI is InChI=1S/C23H20ClN3O5S3/c1-34(29,30)19-8-9-20-21(13-19)33-23(26-20)27(15-16-3-2-11-25-14-16)22(28)10-12-35(31,32)18-6-4-17(24)5-7-18/h2-9,11,13-14H,10,12,15H2,1H3. The lowest BCUT2D eigenvalue weighted by molar-refractivity contribution is -0.118. The van der Waals surface area contributed by atoms with Gasteiger partial charge >= 0.3 is 0 Å². The first-order valence-electron chi connectivity index (χ1n) is 10.3. The molecule has 0 bridgehead atoms. The fourth-order valence-corrected chi connectivity index (χ4v) is 6.39. The summed E-state index contributed by atoms with van der Waals surface area (Å²) in [6, 6.07) is 13.9. The second-order valence-corrected chi connectivity index (χ2v) is 13.3. The summed E-state index contributed by atoms with van der Waals surface area (Å²) in [7, 11) is -7.12. The normalized spacial score (nSPS) is 12.1. The Morgan fingerprint density at radius 1 is 1.03 bits per heavy atom. The molecular weight excluding hydrogens is 530 g/mol. The molecule has 0 aliphatic carbocycles. The number of hydrogen-bond acceptors (Lipinski definition) is 8. The van der Waals surface area contributed by atoms with E-state index in [1.165, 1.54) is 41.3 Å². The Hall–Kier alpha value is -2.86. The zero-order chi connectivity index (χ0) is 25.2. The highest BCUT2D eigenvalue weighted by Crippen LogP contribution is 2.32. The van der Waals surface area contributed by atoms with Crippen molar-refractivity contribution >= 4 is 63.9 Å². The van der Waals surface area contributed by atoms with Gasteiger partial charge in [-0.1, -0.05) is 29.0 Å². The third-order valence-electron chi connectivity index (χ3n) is 5.13. The molecule has 0 radical (unpaired) electrons. The molecule has 0 saturated heterocycles. The number of sulfone groups is 2. The van der Waals surface area contributed by atoms with Gasteiger partial charge in [-0.2, -0.15) is 0 Å². The number of pyridine rings is 1. The van der Waals surface area contributed by atoms with Crippen LogP contribution in [0.15, 0.2) is 76.8 Å². The molecular formula is C23H20ClN3O5S3. The third-order valence-corrected chi connectivity index (χ3v) is 9.26. The number of benzene rings is 2. The van der Waals surface area contributed by atoms with Crippen LogP contribution >= 0.6 is 22.9 Å². The van der Waals surface area contributed by atoms with Gasteiger partial charge in [-0.25, -0.2) is 21.8 Å². The van der Waals surface area contributed by atoms with Crippen molar-refractivity contribution in [2.75, 3.05) is 16.9 Å². The van der Waals surface area contributed by atoms with E-state index in [2.05, 4.69) is 9.97 Å². The predicted molar refractivity (Wildman–Crippen MR) is 136 cm³/mol. The Balaban J connectivity index is 1.64. The van der Waals surface area contributed by atoms with Crippen LogP contribution in [0, 0.1) is 0 Å². The summed E-state index contributed by atoms with van der Waals surface area (Å²) in [6.45, 7) is 0.131. The van der Waals surface area contributed by atoms with Crippen molar-refractivity contribution in [3.63, 3.8) is 0 Å². The maximum Gasteiger partial charge on any atom is 0.230 e. The summed E-state index contributed by atoms with van der Waals surface area (Å²) in [5.41, 5.74) is 1.27. The number of rotatable bonds is 8. The monoisotopic (exact) mass is 549 g/mol. The number of halogens is 1. The molecule has 1 amide bonds. The van der Waals surface area contributed by atoms with Crippen molar-refractivity contribution in [2.45, 2.75) is 22.8 Å². The minimum Gasteiger partial charge on any atom is -0.284 e. The zero-order valence-electron chi connectivity index (χ0n) is 18.5. The van der Waals surface area contributed by atoms with Crippen LogP contribution in [0.3, 0.4) is 0 Å². The van der Waals surface area contributed by atoms with E-state index in [4.69, 9.17) is 11.6 Å². The molecule has 0 aliphatic heterocycles. The number of carbonyl (C=O) groups is 1. The highest BCUT2D eigenvalue weighted by Gasteiger charge is 2.24. The SMILES string of the molecule is CS(=O)(=O)c1ccc2nc(N(Cc3cccnc3)C(=O)CCS(=O)(=O)c3ccc(Cl)cc3)sc2c1. The zero-order valence-corrected chi connectivity index (χ0v) is 21.7. The molecule has 35 heavy (non-hydrogen) atoms. The predicted octanol–water partition coefficient (Wildman–Crippen LogP) is 4.15. The van der Waals surface area contributed by atoms with Gasteiger partial charge in [0.1, 0.15) is 0 Å². The van der Waals surface area contributed by atoms with Crippen LogP contribution in [0.5, 0.6) is 0 Å². The third kappa shape index (κ3) is 6.04. The van der Waals surface area contributed by atoms with Crippen LogP contribution in [0.4, 0.5) is 5.13 Å². The van der Waals surface area contributed by atoms with Gasteiger partial charge in [0.05, 0.1) is 32.3 Å². The van der Waals surface area contributed by atoms with Crippen LogP contribution in [0.1, 0.15) is 12.0 Å². The molecule has 4 aromatic rings.